The summed E-state index contributed by atoms with van der Waals surface area (Å²) in [5.74, 6) is 0.762. The third kappa shape index (κ3) is 2.97. The summed E-state index contributed by atoms with van der Waals surface area (Å²) in [5, 5.41) is 2.92. The number of piperazine rings is 1. The summed E-state index contributed by atoms with van der Waals surface area (Å²) in [4.78, 5) is 26.4. The first-order valence-corrected chi connectivity index (χ1v) is 7.57. The summed E-state index contributed by atoms with van der Waals surface area (Å²) in [6.45, 7) is 9.48. The third-order valence-electron chi connectivity index (χ3n) is 4.26. The second-order valence-electron chi connectivity index (χ2n) is 6.61. The van der Waals surface area contributed by atoms with E-state index in [-0.39, 0.29) is 11.8 Å². The molecule has 2 rings (SSSR count). The van der Waals surface area contributed by atoms with Crippen molar-refractivity contribution in [3.63, 3.8) is 0 Å². The molecular weight excluding hydrogens is 256 g/mol. The first-order valence-electron chi connectivity index (χ1n) is 7.57. The second-order valence-corrected chi connectivity index (χ2v) is 6.61. The van der Waals surface area contributed by atoms with Crippen LogP contribution < -0.4 is 5.32 Å². The minimum Gasteiger partial charge on any atom is -0.379 e. The molecule has 2 unspecified atom stereocenters. The Morgan fingerprint density at radius 3 is 2.60 bits per heavy atom. The molecule has 2 amide bonds. The van der Waals surface area contributed by atoms with Crippen molar-refractivity contribution in [3.8, 4) is 0 Å². The number of nitrogens with zero attached hydrogens (tertiary/aromatic N) is 1. The lowest BCUT2D eigenvalue weighted by molar-refractivity contribution is -0.155. The molecule has 5 heteroatoms. The molecule has 0 radical (unpaired) electrons. The zero-order valence-corrected chi connectivity index (χ0v) is 12.9. The van der Waals surface area contributed by atoms with Gasteiger partial charge in [-0.25, -0.2) is 0 Å². The molecule has 0 bridgehead atoms. The Hall–Kier alpha value is -1.10. The Morgan fingerprint density at radius 1 is 1.40 bits per heavy atom. The van der Waals surface area contributed by atoms with Crippen LogP contribution in [0.15, 0.2) is 0 Å². The highest BCUT2D eigenvalue weighted by Gasteiger charge is 2.54. The molecule has 2 atom stereocenters. The molecule has 1 saturated heterocycles. The van der Waals surface area contributed by atoms with Gasteiger partial charge in [-0.3, -0.25) is 9.59 Å². The van der Waals surface area contributed by atoms with Gasteiger partial charge in [-0.05, 0) is 38.5 Å². The SMILES string of the molecule is CC(C)COCCN1C(=O)C(C)(C2CC2)NC(=O)C1C. The molecule has 0 spiro atoms. The standard InChI is InChI=1S/C15H26N2O3/c1-10(2)9-20-8-7-17-11(3)13(18)16-15(4,14(17)19)12-5-6-12/h10-12H,5-9H2,1-4H3,(H,16,18). The second kappa shape index (κ2) is 5.72. The summed E-state index contributed by atoms with van der Waals surface area (Å²) in [6, 6.07) is -0.406. The predicted molar refractivity (Wildman–Crippen MR) is 76.1 cm³/mol. The quantitative estimate of drug-likeness (QED) is 0.744. The number of ether oxygens (including phenoxy) is 1. The first-order chi connectivity index (χ1) is 9.36. The van der Waals surface area contributed by atoms with Crippen molar-refractivity contribution in [3.05, 3.63) is 0 Å². The molecule has 5 nitrogen and oxygen atoms in total. The Bertz CT molecular complexity index is 393. The summed E-state index contributed by atoms with van der Waals surface area (Å²) >= 11 is 0. The number of amides is 2. The van der Waals surface area contributed by atoms with Crippen LogP contribution in [0.4, 0.5) is 0 Å². The van der Waals surface area contributed by atoms with Crippen molar-refractivity contribution in [2.45, 2.75) is 52.1 Å². The fraction of sp³-hybridized carbons (Fsp3) is 0.867. The van der Waals surface area contributed by atoms with Gasteiger partial charge in [0.05, 0.1) is 6.61 Å². The summed E-state index contributed by atoms with van der Waals surface area (Å²) in [6.07, 6.45) is 2.04. The number of carbonyl (C=O) groups excluding carboxylic acids is 2. The van der Waals surface area contributed by atoms with Crippen molar-refractivity contribution < 1.29 is 14.3 Å². The van der Waals surface area contributed by atoms with E-state index in [1.807, 2.05) is 6.92 Å². The van der Waals surface area contributed by atoms with Crippen molar-refractivity contribution in [1.82, 2.24) is 10.2 Å². The number of hydrogen-bond donors (Lipinski definition) is 1. The monoisotopic (exact) mass is 282 g/mol. The zero-order chi connectivity index (χ0) is 14.9. The Morgan fingerprint density at radius 2 is 2.05 bits per heavy atom. The topological polar surface area (TPSA) is 58.6 Å². The maximum Gasteiger partial charge on any atom is 0.249 e. The van der Waals surface area contributed by atoms with Crippen molar-refractivity contribution >= 4 is 11.8 Å². The minimum absolute atomic E-state index is 0.0419. The molecule has 2 fully saturated rings. The largest absolute Gasteiger partial charge is 0.379 e. The van der Waals surface area contributed by atoms with Gasteiger partial charge in [0.15, 0.2) is 0 Å². The Balaban J connectivity index is 1.97. The Labute approximate surface area is 121 Å². The highest BCUT2D eigenvalue weighted by atomic mass is 16.5. The fourth-order valence-electron chi connectivity index (χ4n) is 2.74. The molecule has 1 aliphatic heterocycles. The van der Waals surface area contributed by atoms with Gasteiger partial charge in [0.2, 0.25) is 11.8 Å². The molecule has 0 aromatic rings. The van der Waals surface area contributed by atoms with Crippen molar-refractivity contribution in [1.29, 1.82) is 0 Å². The zero-order valence-electron chi connectivity index (χ0n) is 12.9. The molecule has 0 aromatic heterocycles. The molecule has 114 valence electrons. The van der Waals surface area contributed by atoms with Crippen LogP contribution in [0.5, 0.6) is 0 Å². The smallest absolute Gasteiger partial charge is 0.249 e. The average molecular weight is 282 g/mol. The minimum atomic E-state index is -0.707. The van der Waals surface area contributed by atoms with E-state index in [0.29, 0.717) is 31.6 Å². The van der Waals surface area contributed by atoms with Gasteiger partial charge in [-0.1, -0.05) is 13.8 Å². The molecule has 20 heavy (non-hydrogen) atoms. The van der Waals surface area contributed by atoms with Crippen LogP contribution in [0, 0.1) is 11.8 Å². The van der Waals surface area contributed by atoms with Gasteiger partial charge in [-0.15, -0.1) is 0 Å². The molecule has 2 aliphatic rings. The normalized spacial score (nSPS) is 30.9. The lowest BCUT2D eigenvalue weighted by Crippen LogP contribution is -2.69. The van der Waals surface area contributed by atoms with Crippen molar-refractivity contribution in [2.75, 3.05) is 19.8 Å². The average Bonchev–Trinajstić information content (AvgIpc) is 3.20. The number of nitrogens with one attached hydrogen (secondary N) is 1. The molecule has 1 N–H and O–H groups in total. The van der Waals surface area contributed by atoms with Crippen LogP contribution >= 0.6 is 0 Å². The third-order valence-corrected chi connectivity index (χ3v) is 4.26. The van der Waals surface area contributed by atoms with Crippen LogP contribution in [0.25, 0.3) is 0 Å². The van der Waals surface area contributed by atoms with Crippen LogP contribution in [-0.2, 0) is 14.3 Å². The fourth-order valence-corrected chi connectivity index (χ4v) is 2.74. The molecule has 1 heterocycles. The summed E-state index contributed by atoms with van der Waals surface area (Å²) < 4.78 is 5.55. The predicted octanol–water partition coefficient (Wildman–Crippen LogP) is 1.17. The van der Waals surface area contributed by atoms with E-state index in [9.17, 15) is 9.59 Å². The van der Waals surface area contributed by atoms with E-state index in [2.05, 4.69) is 19.2 Å². The van der Waals surface area contributed by atoms with Gasteiger partial charge in [0.1, 0.15) is 11.6 Å². The van der Waals surface area contributed by atoms with E-state index < -0.39 is 11.6 Å². The number of hydrogen-bond acceptors (Lipinski definition) is 3. The maximum atomic E-state index is 12.7. The summed E-state index contributed by atoms with van der Waals surface area (Å²) in [7, 11) is 0. The van der Waals surface area contributed by atoms with E-state index in [1.54, 1.807) is 11.8 Å². The highest BCUT2D eigenvalue weighted by Crippen LogP contribution is 2.42. The number of rotatable bonds is 6. The van der Waals surface area contributed by atoms with E-state index in [0.717, 1.165) is 12.8 Å². The Kier molecular flexibility index (Phi) is 4.37. The van der Waals surface area contributed by atoms with Gasteiger partial charge < -0.3 is 15.0 Å². The van der Waals surface area contributed by atoms with Gasteiger partial charge in [-0.2, -0.15) is 0 Å². The highest BCUT2D eigenvalue weighted by molar-refractivity contribution is 5.99. The van der Waals surface area contributed by atoms with Gasteiger partial charge in [0.25, 0.3) is 0 Å². The first kappa shape index (κ1) is 15.3. The van der Waals surface area contributed by atoms with Crippen LogP contribution in [0.2, 0.25) is 0 Å². The lowest BCUT2D eigenvalue weighted by atomic mass is 9.90. The van der Waals surface area contributed by atoms with Crippen LogP contribution in [0.1, 0.15) is 40.5 Å². The van der Waals surface area contributed by atoms with Gasteiger partial charge >= 0.3 is 0 Å². The van der Waals surface area contributed by atoms with Gasteiger partial charge in [0, 0.05) is 13.2 Å². The van der Waals surface area contributed by atoms with E-state index >= 15 is 0 Å². The van der Waals surface area contributed by atoms with E-state index in [4.69, 9.17) is 4.74 Å². The van der Waals surface area contributed by atoms with E-state index in [1.165, 1.54) is 0 Å². The summed E-state index contributed by atoms with van der Waals surface area (Å²) in [5.41, 5.74) is -0.707. The van der Waals surface area contributed by atoms with Crippen LogP contribution in [-0.4, -0.2) is 48.1 Å². The molecule has 1 aliphatic carbocycles. The molecule has 1 saturated carbocycles. The molecule has 0 aromatic carbocycles. The van der Waals surface area contributed by atoms with Crippen LogP contribution in [0.3, 0.4) is 0 Å². The maximum absolute atomic E-state index is 12.7. The number of carbonyl (C=O) groups is 2. The lowest BCUT2D eigenvalue weighted by Gasteiger charge is -2.43. The molecular formula is C15H26N2O3. The van der Waals surface area contributed by atoms with Crippen molar-refractivity contribution in [2.24, 2.45) is 11.8 Å².